The molecular formula is C104H107N7. The zero-order valence-electron chi connectivity index (χ0n) is 69.8. The lowest BCUT2D eigenvalue weighted by Gasteiger charge is -2.30. The predicted molar refractivity (Wildman–Crippen MR) is 476 cm³/mol. The molecule has 0 fully saturated rings. The molecule has 0 aliphatic carbocycles. The minimum atomic E-state index is -0.187. The summed E-state index contributed by atoms with van der Waals surface area (Å²) >= 11 is 0. The van der Waals surface area contributed by atoms with Crippen LogP contribution in [-0.4, -0.2) is 27.8 Å². The van der Waals surface area contributed by atoms with Crippen molar-refractivity contribution < 1.29 is 0 Å². The molecule has 6 aromatic heterocycles. The van der Waals surface area contributed by atoms with Crippen LogP contribution in [0.2, 0.25) is 0 Å². The van der Waals surface area contributed by atoms with Crippen LogP contribution < -0.4 is 0 Å². The summed E-state index contributed by atoms with van der Waals surface area (Å²) < 4.78 is 12.7. The Morgan fingerprint density at radius 1 is 0.243 bits per heavy atom. The first-order valence-electron chi connectivity index (χ1n) is 40.1. The van der Waals surface area contributed by atoms with Gasteiger partial charge in [-0.1, -0.05) is 245 Å². The number of rotatable bonds is 6. The van der Waals surface area contributed by atoms with Crippen molar-refractivity contribution in [2.24, 2.45) is 0 Å². The van der Waals surface area contributed by atoms with Crippen LogP contribution >= 0.6 is 0 Å². The van der Waals surface area contributed by atoms with E-state index in [0.717, 1.165) is 149 Å². The van der Waals surface area contributed by atoms with Gasteiger partial charge in [0.2, 0.25) is 0 Å². The third-order valence-electron chi connectivity index (χ3n) is 24.3. The smallest absolute Gasteiger partial charge is 0.104 e. The van der Waals surface area contributed by atoms with E-state index < -0.39 is 0 Å². The molecule has 0 saturated heterocycles. The van der Waals surface area contributed by atoms with Crippen LogP contribution in [0.25, 0.3) is 149 Å². The Balaban J connectivity index is 1.23. The Morgan fingerprint density at radius 2 is 0.505 bits per heavy atom. The lowest BCUT2D eigenvalue weighted by Crippen LogP contribution is -2.17. The fraction of sp³-hybridized carbons (Fsp3) is 0.308. The van der Waals surface area contributed by atoms with Gasteiger partial charge in [0, 0.05) is 77.5 Å². The largest absolute Gasteiger partial charge is 0.309 e. The number of nitrogens with zero attached hydrogens (tertiary/aromatic N) is 7. The molecule has 0 N–H and O–H groups in total. The Labute approximate surface area is 655 Å². The van der Waals surface area contributed by atoms with Crippen LogP contribution in [0, 0.1) is 11.3 Å². The van der Waals surface area contributed by atoms with E-state index in [1.54, 1.807) is 0 Å². The third kappa shape index (κ3) is 11.6. The van der Waals surface area contributed by atoms with Gasteiger partial charge in [-0.05, 0) is 215 Å². The third-order valence-corrected chi connectivity index (χ3v) is 24.3. The van der Waals surface area contributed by atoms with Gasteiger partial charge in [0.05, 0.1) is 77.9 Å². The molecule has 0 amide bonds. The number of para-hydroxylation sites is 1. The van der Waals surface area contributed by atoms with Gasteiger partial charge in [0.15, 0.2) is 0 Å². The summed E-state index contributed by atoms with van der Waals surface area (Å²) in [5.74, 6) is 0. The molecule has 17 rings (SSSR count). The van der Waals surface area contributed by atoms with Gasteiger partial charge >= 0.3 is 0 Å². The second kappa shape index (κ2) is 24.5. The van der Waals surface area contributed by atoms with Gasteiger partial charge < -0.3 is 22.8 Å². The molecule has 17 aromatic rings. The molecule has 0 atom stereocenters. The molecular weight excluding hydrogens is 1350 g/mol. The molecule has 0 aliphatic heterocycles. The van der Waals surface area contributed by atoms with E-state index in [1.807, 2.05) is 12.4 Å². The van der Waals surface area contributed by atoms with Crippen LogP contribution in [0.1, 0.15) is 216 Å². The fourth-order valence-corrected chi connectivity index (χ4v) is 17.6. The normalized spacial score (nSPS) is 13.4. The SMILES string of the molecule is CC(C)(C)c1ccc2c(c1)c1cc(C(C)(C)C)ccc1n2-c1c(C#N)c(-n2c3ccc(C(C)(C)C)cc3c3cc(C(C)(C)C)ccc32)c(-n2c3ccc(C(C)(C)C)cc3c3cc(C(C)(C)C)ccc32)c(-c2cccc(-n3c4ccccc4c4cnccc43)c2)c1-n1c2ccc(C(C)(C)C)cc2c2cc(C(C)(C)C)ccc21. The van der Waals surface area contributed by atoms with Crippen molar-refractivity contribution in [3.05, 3.63) is 263 Å². The van der Waals surface area contributed by atoms with Crippen LogP contribution in [0.3, 0.4) is 0 Å². The lowest BCUT2D eigenvalue weighted by molar-refractivity contribution is 0.590. The Morgan fingerprint density at radius 3 is 0.784 bits per heavy atom. The number of hydrogen-bond acceptors (Lipinski definition) is 2. The minimum absolute atomic E-state index is 0.187. The number of hydrogen-bond donors (Lipinski definition) is 0. The lowest BCUT2D eigenvalue weighted by atomic mass is 9.85. The van der Waals surface area contributed by atoms with E-state index in [4.69, 9.17) is 4.98 Å². The number of fused-ring (bicyclic) bond motifs is 15. The first-order valence-corrected chi connectivity index (χ1v) is 40.1. The summed E-state index contributed by atoms with van der Waals surface area (Å²) in [6.07, 6.45) is 3.94. The molecule has 11 aromatic carbocycles. The Hall–Kier alpha value is -10.9. The van der Waals surface area contributed by atoms with E-state index in [0.29, 0.717) is 5.56 Å². The Kier molecular flexibility index (Phi) is 16.1. The van der Waals surface area contributed by atoms with Crippen molar-refractivity contribution in [2.45, 2.75) is 209 Å². The molecule has 0 aliphatic rings. The van der Waals surface area contributed by atoms with E-state index in [1.165, 1.54) is 44.5 Å². The molecule has 558 valence electrons. The van der Waals surface area contributed by atoms with Gasteiger partial charge in [-0.2, -0.15) is 5.26 Å². The fourth-order valence-electron chi connectivity index (χ4n) is 17.6. The predicted octanol–water partition coefficient (Wildman–Crippen LogP) is 28.5. The van der Waals surface area contributed by atoms with Gasteiger partial charge in [0.25, 0.3) is 0 Å². The number of pyridine rings is 1. The number of benzene rings is 11. The second-order valence-corrected chi connectivity index (χ2v) is 40.2. The summed E-state index contributed by atoms with van der Waals surface area (Å²) in [5.41, 5.74) is 25.6. The Bertz CT molecular complexity index is 6170. The molecule has 0 radical (unpaired) electrons. The molecule has 6 heterocycles. The monoisotopic (exact) mass is 1450 g/mol. The van der Waals surface area contributed by atoms with Gasteiger partial charge in [-0.3, -0.25) is 4.98 Å². The average Bonchev–Trinajstić information content (AvgIpc) is 1.56. The van der Waals surface area contributed by atoms with E-state index in [-0.39, 0.29) is 43.3 Å². The number of nitriles is 1. The first-order chi connectivity index (χ1) is 52.1. The van der Waals surface area contributed by atoms with Crippen molar-refractivity contribution in [2.75, 3.05) is 0 Å². The zero-order chi connectivity index (χ0) is 78.8. The van der Waals surface area contributed by atoms with Crippen molar-refractivity contribution in [1.29, 1.82) is 5.26 Å². The molecule has 0 saturated carbocycles. The zero-order valence-corrected chi connectivity index (χ0v) is 69.8. The van der Waals surface area contributed by atoms with Gasteiger partial charge in [0.1, 0.15) is 11.6 Å². The maximum atomic E-state index is 14.0. The molecule has 0 bridgehead atoms. The first kappa shape index (κ1) is 72.9. The van der Waals surface area contributed by atoms with E-state index in [2.05, 4.69) is 395 Å². The van der Waals surface area contributed by atoms with E-state index >= 15 is 0 Å². The number of aromatic nitrogens is 6. The van der Waals surface area contributed by atoms with Crippen LogP contribution in [0.5, 0.6) is 0 Å². The van der Waals surface area contributed by atoms with Crippen LogP contribution in [0.15, 0.2) is 213 Å². The summed E-state index contributed by atoms with van der Waals surface area (Å²) in [4.78, 5) is 4.78. The topological polar surface area (TPSA) is 61.3 Å². The van der Waals surface area contributed by atoms with Crippen LogP contribution in [-0.2, 0) is 43.3 Å². The quantitative estimate of drug-likeness (QED) is 0.167. The second-order valence-electron chi connectivity index (χ2n) is 40.2. The maximum absolute atomic E-state index is 14.0. The highest BCUT2D eigenvalue weighted by molar-refractivity contribution is 6.18. The molecule has 0 spiro atoms. The van der Waals surface area contributed by atoms with Crippen molar-refractivity contribution >= 4 is 109 Å². The summed E-state index contributed by atoms with van der Waals surface area (Å²) in [7, 11) is 0. The van der Waals surface area contributed by atoms with Crippen LogP contribution in [0.4, 0.5) is 0 Å². The van der Waals surface area contributed by atoms with Gasteiger partial charge in [-0.25, -0.2) is 0 Å². The molecule has 0 unspecified atom stereocenters. The average molecular weight is 1460 g/mol. The highest BCUT2D eigenvalue weighted by atomic mass is 15.1. The summed E-state index contributed by atoms with van der Waals surface area (Å²) in [6, 6.07) is 81.3. The maximum Gasteiger partial charge on any atom is 0.104 e. The molecule has 7 heteroatoms. The van der Waals surface area contributed by atoms with Crippen molar-refractivity contribution in [1.82, 2.24) is 27.8 Å². The van der Waals surface area contributed by atoms with E-state index in [9.17, 15) is 5.26 Å². The standard InChI is InChI=1S/C104H107N7/c1-97(2,3)62-32-40-83-72(51-62)73-52-63(98(4,5)6)33-41-84(73)108(83)93-80(59-105)94(109-85-42-34-64(99(7,8)9)53-74(85)75-54-65(100(10,11)12)35-43-86(75)109)96(111-89-46-38-68(103(19,20)21)57-78(89)79-58-69(104(22,23)24)39-47-90(79)111)92(61-28-27-29-70(50-61)107-82-31-26-25-30-71(82)81-60-106-49-48-91(81)107)95(93)110-87-44-36-66(101(13,14)15)55-76(87)77-56-67(102(16,17)18)37-45-88(77)110/h25-58,60H,1-24H3. The highest BCUT2D eigenvalue weighted by Gasteiger charge is 2.38. The summed E-state index contributed by atoms with van der Waals surface area (Å²) in [5, 5.41) is 25.4. The molecule has 111 heavy (non-hydrogen) atoms. The van der Waals surface area contributed by atoms with Gasteiger partial charge in [-0.15, -0.1) is 0 Å². The van der Waals surface area contributed by atoms with Crippen molar-refractivity contribution in [3.63, 3.8) is 0 Å². The summed E-state index contributed by atoms with van der Waals surface area (Å²) in [6.45, 7) is 55.8. The van der Waals surface area contributed by atoms with Crippen molar-refractivity contribution in [3.8, 4) is 45.6 Å². The molecule has 7 nitrogen and oxygen atoms in total. The minimum Gasteiger partial charge on any atom is -0.309 e. The highest BCUT2D eigenvalue weighted by Crippen LogP contribution is 2.55.